The number of nitrogens with two attached hydrogens (primary N) is 2. The fraction of sp³-hybridized carbons (Fsp3) is 0.294. The smallest absolute Gasteiger partial charge is 0.0596 e. The van der Waals surface area contributed by atoms with E-state index < -0.39 is 0 Å². The van der Waals surface area contributed by atoms with Crippen molar-refractivity contribution in [3.63, 3.8) is 0 Å². The topological polar surface area (TPSA) is 87.5 Å². The number of hydrogen-bond acceptors (Lipinski definition) is 5. The van der Waals surface area contributed by atoms with Gasteiger partial charge in [-0.1, -0.05) is 12.1 Å². The van der Waals surface area contributed by atoms with Crippen molar-refractivity contribution in [1.29, 1.82) is 0 Å². The van der Waals surface area contributed by atoms with Crippen molar-refractivity contribution in [2.45, 2.75) is 13.0 Å². The predicted molar refractivity (Wildman–Crippen MR) is 94.2 cm³/mol. The monoisotopic (exact) mass is 300 g/mol. The third-order valence-electron chi connectivity index (χ3n) is 3.71. The first-order valence-corrected chi connectivity index (χ1v) is 7.31. The molecule has 0 fully saturated rings. The van der Waals surface area contributed by atoms with Gasteiger partial charge in [-0.05, 0) is 41.8 Å². The Morgan fingerprint density at radius 3 is 2.27 bits per heavy atom. The van der Waals surface area contributed by atoms with E-state index in [2.05, 4.69) is 16.3 Å². The van der Waals surface area contributed by atoms with Crippen LogP contribution in [0.25, 0.3) is 0 Å². The first-order valence-electron chi connectivity index (χ1n) is 7.31. The Balaban J connectivity index is 2.27. The molecule has 5 heteroatoms. The maximum atomic E-state index is 9.24. The number of benzene rings is 2. The summed E-state index contributed by atoms with van der Waals surface area (Å²) in [6.45, 7) is 0.617. The Kier molecular flexibility index (Phi) is 5.12. The normalized spacial score (nSPS) is 10.5. The second-order valence-corrected chi connectivity index (χ2v) is 5.44. The Labute approximate surface area is 131 Å². The molecule has 0 bridgehead atoms. The van der Waals surface area contributed by atoms with Crippen LogP contribution in [0.15, 0.2) is 36.4 Å². The standard InChI is InChI=1S/C17H24N4O/c1-21(2)17-6-4-3-5-16(17)20-11-13-12(9-10-22)14(18)7-8-15(13)19/h3-8,20,22H,9-11,18-19H2,1-2H3. The maximum absolute atomic E-state index is 9.24. The summed E-state index contributed by atoms with van der Waals surface area (Å²) in [5, 5.41) is 12.7. The fourth-order valence-corrected chi connectivity index (χ4v) is 2.54. The average Bonchev–Trinajstić information content (AvgIpc) is 2.50. The van der Waals surface area contributed by atoms with Gasteiger partial charge in [-0.2, -0.15) is 0 Å². The molecule has 0 heterocycles. The van der Waals surface area contributed by atoms with Crippen LogP contribution in [0.2, 0.25) is 0 Å². The lowest BCUT2D eigenvalue weighted by Crippen LogP contribution is -2.14. The summed E-state index contributed by atoms with van der Waals surface area (Å²) in [6.07, 6.45) is 0.503. The summed E-state index contributed by atoms with van der Waals surface area (Å²) in [5.41, 5.74) is 17.5. The van der Waals surface area contributed by atoms with E-state index in [1.54, 1.807) is 6.07 Å². The van der Waals surface area contributed by atoms with E-state index in [-0.39, 0.29) is 6.61 Å². The lowest BCUT2D eigenvalue weighted by Gasteiger charge is -2.20. The van der Waals surface area contributed by atoms with Crippen LogP contribution in [0.4, 0.5) is 22.7 Å². The molecule has 0 aliphatic rings. The van der Waals surface area contributed by atoms with Crippen molar-refractivity contribution >= 4 is 22.7 Å². The van der Waals surface area contributed by atoms with Gasteiger partial charge in [0.15, 0.2) is 0 Å². The van der Waals surface area contributed by atoms with Crippen molar-refractivity contribution < 1.29 is 5.11 Å². The fourth-order valence-electron chi connectivity index (χ4n) is 2.54. The highest BCUT2D eigenvalue weighted by molar-refractivity contribution is 5.70. The lowest BCUT2D eigenvalue weighted by atomic mass is 10.0. The van der Waals surface area contributed by atoms with Gasteiger partial charge in [0.25, 0.3) is 0 Å². The van der Waals surface area contributed by atoms with Crippen LogP contribution in [-0.4, -0.2) is 25.8 Å². The molecule has 0 amide bonds. The molecule has 0 aliphatic carbocycles. The third kappa shape index (κ3) is 3.43. The van der Waals surface area contributed by atoms with E-state index in [4.69, 9.17) is 11.5 Å². The number of para-hydroxylation sites is 2. The summed E-state index contributed by atoms with van der Waals surface area (Å²) in [6, 6.07) is 11.7. The first kappa shape index (κ1) is 16.0. The minimum Gasteiger partial charge on any atom is -0.398 e. The molecule has 0 saturated heterocycles. The molecule has 2 rings (SSSR count). The highest BCUT2D eigenvalue weighted by Crippen LogP contribution is 2.28. The highest BCUT2D eigenvalue weighted by atomic mass is 16.2. The van der Waals surface area contributed by atoms with Gasteiger partial charge in [-0.25, -0.2) is 0 Å². The SMILES string of the molecule is CN(C)c1ccccc1NCc1c(N)ccc(N)c1CCO. The van der Waals surface area contributed by atoms with Gasteiger partial charge in [0.05, 0.1) is 11.4 Å². The molecular weight excluding hydrogens is 276 g/mol. The molecule has 2 aromatic carbocycles. The summed E-state index contributed by atoms with van der Waals surface area (Å²) in [5.74, 6) is 0. The molecule has 0 aliphatic heterocycles. The number of rotatable bonds is 6. The van der Waals surface area contributed by atoms with E-state index in [0.29, 0.717) is 24.3 Å². The number of hydrogen-bond donors (Lipinski definition) is 4. The minimum absolute atomic E-state index is 0.0505. The summed E-state index contributed by atoms with van der Waals surface area (Å²) < 4.78 is 0. The van der Waals surface area contributed by atoms with Gasteiger partial charge in [0.1, 0.15) is 0 Å². The molecule has 0 unspecified atom stereocenters. The van der Waals surface area contributed by atoms with Gasteiger partial charge in [0, 0.05) is 38.6 Å². The number of nitrogens with one attached hydrogen (secondary N) is 1. The zero-order chi connectivity index (χ0) is 16.1. The van der Waals surface area contributed by atoms with E-state index >= 15 is 0 Å². The molecule has 6 N–H and O–H groups in total. The van der Waals surface area contributed by atoms with E-state index in [1.807, 2.05) is 38.4 Å². The average molecular weight is 300 g/mol. The van der Waals surface area contributed by atoms with E-state index in [1.165, 1.54) is 0 Å². The molecule has 2 aromatic rings. The van der Waals surface area contributed by atoms with E-state index in [9.17, 15) is 5.11 Å². The largest absolute Gasteiger partial charge is 0.398 e. The quantitative estimate of drug-likeness (QED) is 0.613. The zero-order valence-corrected chi connectivity index (χ0v) is 13.1. The molecule has 0 aromatic heterocycles. The Hall–Kier alpha value is -2.40. The number of aliphatic hydroxyl groups is 1. The van der Waals surface area contributed by atoms with Gasteiger partial charge in [-0.3, -0.25) is 0 Å². The molecule has 0 spiro atoms. The number of anilines is 4. The van der Waals surface area contributed by atoms with Gasteiger partial charge >= 0.3 is 0 Å². The summed E-state index contributed by atoms with van der Waals surface area (Å²) in [4.78, 5) is 2.06. The zero-order valence-electron chi connectivity index (χ0n) is 13.1. The van der Waals surface area contributed by atoms with Crippen LogP contribution < -0.4 is 21.7 Å². The Bertz CT molecular complexity index is 641. The molecule has 0 saturated carbocycles. The maximum Gasteiger partial charge on any atom is 0.0596 e. The predicted octanol–water partition coefficient (Wildman–Crippen LogP) is 2.06. The minimum atomic E-state index is 0.0505. The number of nitrogen functional groups attached to an aromatic ring is 2. The van der Waals surface area contributed by atoms with Crippen molar-refractivity contribution in [3.8, 4) is 0 Å². The lowest BCUT2D eigenvalue weighted by molar-refractivity contribution is 0.299. The molecule has 0 radical (unpaired) electrons. The molecule has 118 valence electrons. The Morgan fingerprint density at radius 1 is 1.00 bits per heavy atom. The van der Waals surface area contributed by atoms with Gasteiger partial charge in [-0.15, -0.1) is 0 Å². The highest BCUT2D eigenvalue weighted by Gasteiger charge is 2.11. The number of aliphatic hydroxyl groups excluding tert-OH is 1. The van der Waals surface area contributed by atoms with Gasteiger partial charge < -0.3 is 26.8 Å². The summed E-state index contributed by atoms with van der Waals surface area (Å²) in [7, 11) is 4.01. The van der Waals surface area contributed by atoms with Crippen molar-refractivity contribution in [2.75, 3.05) is 42.4 Å². The van der Waals surface area contributed by atoms with Crippen LogP contribution in [0.5, 0.6) is 0 Å². The van der Waals surface area contributed by atoms with Gasteiger partial charge in [0.2, 0.25) is 0 Å². The first-order chi connectivity index (χ1) is 10.5. The molecule has 22 heavy (non-hydrogen) atoms. The van der Waals surface area contributed by atoms with Crippen LogP contribution >= 0.6 is 0 Å². The molecule has 5 nitrogen and oxygen atoms in total. The van der Waals surface area contributed by atoms with E-state index in [0.717, 1.165) is 22.5 Å². The van der Waals surface area contributed by atoms with Crippen LogP contribution in [-0.2, 0) is 13.0 Å². The second-order valence-electron chi connectivity index (χ2n) is 5.44. The second kappa shape index (κ2) is 7.04. The third-order valence-corrected chi connectivity index (χ3v) is 3.71. The van der Waals surface area contributed by atoms with Crippen LogP contribution in [0, 0.1) is 0 Å². The molecule has 0 atom stereocenters. The van der Waals surface area contributed by atoms with Crippen molar-refractivity contribution in [1.82, 2.24) is 0 Å². The van der Waals surface area contributed by atoms with Crippen molar-refractivity contribution in [3.05, 3.63) is 47.5 Å². The molecular formula is C17H24N4O. The summed E-state index contributed by atoms with van der Waals surface area (Å²) >= 11 is 0. The van der Waals surface area contributed by atoms with Crippen LogP contribution in [0.1, 0.15) is 11.1 Å². The Morgan fingerprint density at radius 2 is 1.64 bits per heavy atom. The van der Waals surface area contributed by atoms with Crippen LogP contribution in [0.3, 0.4) is 0 Å². The number of nitrogens with zero attached hydrogens (tertiary/aromatic N) is 1. The van der Waals surface area contributed by atoms with Crippen molar-refractivity contribution in [2.24, 2.45) is 0 Å².